The lowest BCUT2D eigenvalue weighted by Gasteiger charge is -2.10. The van der Waals surface area contributed by atoms with Gasteiger partial charge in [-0.15, -0.1) is 11.3 Å². The van der Waals surface area contributed by atoms with Gasteiger partial charge in [-0.25, -0.2) is 4.98 Å². The van der Waals surface area contributed by atoms with E-state index in [0.717, 1.165) is 40.6 Å². The molecule has 0 spiro atoms. The van der Waals surface area contributed by atoms with Crippen LogP contribution in [0.3, 0.4) is 0 Å². The summed E-state index contributed by atoms with van der Waals surface area (Å²) in [5.74, 6) is -0.0484. The molecule has 3 aromatic rings. The zero-order valence-electron chi connectivity index (χ0n) is 16.4. The predicted octanol–water partition coefficient (Wildman–Crippen LogP) is 3.55. The van der Waals surface area contributed by atoms with Crippen LogP contribution < -0.4 is 5.32 Å². The van der Waals surface area contributed by atoms with E-state index in [-0.39, 0.29) is 5.91 Å². The van der Waals surface area contributed by atoms with Crippen LogP contribution in [-0.2, 0) is 11.3 Å². The van der Waals surface area contributed by atoms with Crippen LogP contribution in [0.1, 0.15) is 35.8 Å². The fourth-order valence-electron chi connectivity index (χ4n) is 2.95. The van der Waals surface area contributed by atoms with E-state index in [2.05, 4.69) is 26.8 Å². The third kappa shape index (κ3) is 4.45. The molecule has 0 unspecified atom stereocenters. The van der Waals surface area contributed by atoms with Crippen molar-refractivity contribution in [1.82, 2.24) is 24.8 Å². The summed E-state index contributed by atoms with van der Waals surface area (Å²) in [6, 6.07) is 1.92. The number of aromatic nitrogens is 4. The Labute approximate surface area is 168 Å². The van der Waals surface area contributed by atoms with Gasteiger partial charge in [-0.2, -0.15) is 0 Å². The molecule has 3 rings (SSSR count). The standard InChI is InChI=1S/C20H25N5O2S/c1-4-5-6-23-19(26)15-11-18(25(14(15)2)9-10-27-3)17-13-28-20(24-17)16-12-21-7-8-22-16/h7-8,11-13H,4-6,9-10H2,1-3H3,(H,23,26). The average Bonchev–Trinajstić information content (AvgIpc) is 3.32. The topological polar surface area (TPSA) is 81.9 Å². The van der Waals surface area contributed by atoms with Crippen molar-refractivity contribution in [2.24, 2.45) is 0 Å². The van der Waals surface area contributed by atoms with Gasteiger partial charge in [-0.3, -0.25) is 14.8 Å². The molecule has 28 heavy (non-hydrogen) atoms. The number of rotatable bonds is 9. The highest BCUT2D eigenvalue weighted by molar-refractivity contribution is 7.13. The third-order valence-electron chi connectivity index (χ3n) is 4.49. The van der Waals surface area contributed by atoms with Gasteiger partial charge in [-0.1, -0.05) is 13.3 Å². The van der Waals surface area contributed by atoms with E-state index < -0.39 is 0 Å². The number of unbranched alkanes of at least 4 members (excludes halogenated alkanes) is 1. The van der Waals surface area contributed by atoms with E-state index in [1.165, 1.54) is 11.3 Å². The molecule has 0 aliphatic rings. The number of nitrogens with zero attached hydrogens (tertiary/aromatic N) is 4. The Morgan fingerprint density at radius 1 is 1.32 bits per heavy atom. The highest BCUT2D eigenvalue weighted by Gasteiger charge is 2.20. The number of thiazole rings is 1. The second-order valence-corrected chi connectivity index (χ2v) is 7.27. The van der Waals surface area contributed by atoms with E-state index in [1.54, 1.807) is 25.7 Å². The molecule has 0 aliphatic carbocycles. The van der Waals surface area contributed by atoms with Gasteiger partial charge in [0.15, 0.2) is 0 Å². The maximum Gasteiger partial charge on any atom is 0.253 e. The van der Waals surface area contributed by atoms with Crippen LogP contribution in [0, 0.1) is 6.92 Å². The van der Waals surface area contributed by atoms with Crippen molar-refractivity contribution in [2.45, 2.75) is 33.2 Å². The minimum atomic E-state index is -0.0484. The summed E-state index contributed by atoms with van der Waals surface area (Å²) in [6.45, 7) is 5.96. The normalized spacial score (nSPS) is 11.0. The Balaban J connectivity index is 1.94. The van der Waals surface area contributed by atoms with Gasteiger partial charge in [-0.05, 0) is 19.4 Å². The third-order valence-corrected chi connectivity index (χ3v) is 5.36. The zero-order chi connectivity index (χ0) is 19.9. The summed E-state index contributed by atoms with van der Waals surface area (Å²) >= 11 is 1.51. The largest absolute Gasteiger partial charge is 0.383 e. The van der Waals surface area contributed by atoms with E-state index >= 15 is 0 Å². The van der Waals surface area contributed by atoms with Crippen LogP contribution >= 0.6 is 11.3 Å². The minimum Gasteiger partial charge on any atom is -0.383 e. The van der Waals surface area contributed by atoms with Crippen molar-refractivity contribution >= 4 is 17.2 Å². The number of nitrogens with one attached hydrogen (secondary N) is 1. The summed E-state index contributed by atoms with van der Waals surface area (Å²) < 4.78 is 7.35. The van der Waals surface area contributed by atoms with E-state index in [0.29, 0.717) is 25.3 Å². The highest BCUT2D eigenvalue weighted by atomic mass is 32.1. The lowest BCUT2D eigenvalue weighted by molar-refractivity contribution is 0.0952. The van der Waals surface area contributed by atoms with Gasteiger partial charge in [0.25, 0.3) is 5.91 Å². The van der Waals surface area contributed by atoms with Crippen molar-refractivity contribution in [3.8, 4) is 22.1 Å². The molecule has 1 N–H and O–H groups in total. The average molecular weight is 400 g/mol. The number of methoxy groups -OCH3 is 1. The Morgan fingerprint density at radius 3 is 2.89 bits per heavy atom. The van der Waals surface area contributed by atoms with Crippen molar-refractivity contribution in [3.63, 3.8) is 0 Å². The van der Waals surface area contributed by atoms with Gasteiger partial charge in [0.05, 0.1) is 29.8 Å². The molecule has 0 fully saturated rings. The van der Waals surface area contributed by atoms with Crippen LogP contribution in [0.2, 0.25) is 0 Å². The quantitative estimate of drug-likeness (QED) is 0.557. The molecular formula is C20H25N5O2S. The molecule has 8 heteroatoms. The maximum absolute atomic E-state index is 12.6. The van der Waals surface area contributed by atoms with Gasteiger partial charge in [0.2, 0.25) is 0 Å². The second-order valence-electron chi connectivity index (χ2n) is 6.41. The van der Waals surface area contributed by atoms with Crippen LogP contribution in [0.25, 0.3) is 22.1 Å². The molecule has 3 heterocycles. The molecular weight excluding hydrogens is 374 g/mol. The maximum atomic E-state index is 12.6. The highest BCUT2D eigenvalue weighted by Crippen LogP contribution is 2.30. The molecule has 148 valence electrons. The number of amides is 1. The molecule has 0 saturated heterocycles. The second kappa shape index (κ2) is 9.57. The summed E-state index contributed by atoms with van der Waals surface area (Å²) in [6.07, 6.45) is 7.00. The molecule has 7 nitrogen and oxygen atoms in total. The Kier molecular flexibility index (Phi) is 6.89. The predicted molar refractivity (Wildman–Crippen MR) is 110 cm³/mol. The molecule has 0 aliphatic heterocycles. The lowest BCUT2D eigenvalue weighted by Crippen LogP contribution is -2.24. The van der Waals surface area contributed by atoms with Crippen LogP contribution in [-0.4, -0.2) is 45.7 Å². The van der Waals surface area contributed by atoms with Gasteiger partial charge in [0.1, 0.15) is 10.7 Å². The number of carbonyl (C=O) groups excluding carboxylic acids is 1. The number of ether oxygens (including phenoxy) is 1. The number of hydrogen-bond donors (Lipinski definition) is 1. The lowest BCUT2D eigenvalue weighted by atomic mass is 10.2. The van der Waals surface area contributed by atoms with Crippen molar-refractivity contribution in [1.29, 1.82) is 0 Å². The number of hydrogen-bond acceptors (Lipinski definition) is 6. The molecule has 0 radical (unpaired) electrons. The summed E-state index contributed by atoms with van der Waals surface area (Å²) in [4.78, 5) is 25.8. The molecule has 0 bridgehead atoms. The van der Waals surface area contributed by atoms with Crippen molar-refractivity contribution < 1.29 is 9.53 Å². The van der Waals surface area contributed by atoms with E-state index in [1.807, 2.05) is 18.4 Å². The molecule has 3 aromatic heterocycles. The van der Waals surface area contributed by atoms with Crippen LogP contribution in [0.15, 0.2) is 30.0 Å². The molecule has 0 atom stereocenters. The van der Waals surface area contributed by atoms with Crippen molar-refractivity contribution in [2.75, 3.05) is 20.3 Å². The SMILES string of the molecule is CCCCNC(=O)c1cc(-c2csc(-c3cnccn3)n2)n(CCOC)c1C. The fourth-order valence-corrected chi connectivity index (χ4v) is 3.72. The number of carbonyl (C=O) groups is 1. The fraction of sp³-hybridized carbons (Fsp3) is 0.400. The van der Waals surface area contributed by atoms with Crippen molar-refractivity contribution in [3.05, 3.63) is 41.3 Å². The first-order chi connectivity index (χ1) is 13.7. The Morgan fingerprint density at radius 2 is 2.18 bits per heavy atom. The van der Waals surface area contributed by atoms with Gasteiger partial charge >= 0.3 is 0 Å². The Bertz CT molecular complexity index is 920. The van der Waals surface area contributed by atoms with Crippen LogP contribution in [0.4, 0.5) is 0 Å². The first kappa shape index (κ1) is 20.2. The first-order valence-corrected chi connectivity index (χ1v) is 10.2. The summed E-state index contributed by atoms with van der Waals surface area (Å²) in [5.41, 5.74) is 4.05. The Hall–Kier alpha value is -2.58. The zero-order valence-corrected chi connectivity index (χ0v) is 17.3. The summed E-state index contributed by atoms with van der Waals surface area (Å²) in [5, 5.41) is 5.79. The van der Waals surface area contributed by atoms with Gasteiger partial charge < -0.3 is 14.6 Å². The van der Waals surface area contributed by atoms with E-state index in [4.69, 9.17) is 9.72 Å². The van der Waals surface area contributed by atoms with Crippen LogP contribution in [0.5, 0.6) is 0 Å². The molecule has 0 saturated carbocycles. The van der Waals surface area contributed by atoms with E-state index in [9.17, 15) is 4.79 Å². The molecule has 0 aromatic carbocycles. The first-order valence-electron chi connectivity index (χ1n) is 9.35. The van der Waals surface area contributed by atoms with Gasteiger partial charge in [0, 0.05) is 43.7 Å². The smallest absolute Gasteiger partial charge is 0.253 e. The summed E-state index contributed by atoms with van der Waals surface area (Å²) in [7, 11) is 1.67. The molecule has 1 amide bonds. The minimum absolute atomic E-state index is 0.0484. The monoisotopic (exact) mass is 399 g/mol.